The molecule has 0 aromatic heterocycles. The van der Waals surface area contributed by atoms with E-state index in [2.05, 4.69) is 9.47 Å². The van der Waals surface area contributed by atoms with Gasteiger partial charge in [0.2, 0.25) is 0 Å². The molecule has 0 heterocycles. The topological polar surface area (TPSA) is 161 Å². The van der Waals surface area contributed by atoms with Crippen molar-refractivity contribution < 1.29 is 172 Å². The van der Waals surface area contributed by atoms with Crippen molar-refractivity contribution >= 4 is 35.8 Å². The molecule has 0 saturated heterocycles. The van der Waals surface area contributed by atoms with Crippen LogP contribution >= 0.6 is 0 Å². The van der Waals surface area contributed by atoms with Crippen LogP contribution in [-0.2, 0) is 19.1 Å². The molecule has 2 N–H and O–H groups in total. The number of carbonyl (C=O) groups excluding carboxylic acids is 4. The number of rotatable bonds is 6. The quantitative estimate of drug-likeness (QED) is 0.166. The van der Waals surface area contributed by atoms with Crippen molar-refractivity contribution in [2.24, 2.45) is 0 Å². The van der Waals surface area contributed by atoms with Crippen LogP contribution in [0.4, 0.5) is 0 Å². The van der Waals surface area contributed by atoms with Gasteiger partial charge in [0, 0.05) is 12.2 Å². The van der Waals surface area contributed by atoms with Crippen molar-refractivity contribution in [3.8, 4) is 0 Å². The van der Waals surface area contributed by atoms with Crippen LogP contribution in [0.3, 0.4) is 0 Å². The van der Waals surface area contributed by atoms with Crippen molar-refractivity contribution in [1.82, 2.24) is 0 Å². The molecule has 2 rings (SSSR count). The molecule has 14 heteroatoms. The summed E-state index contributed by atoms with van der Waals surface area (Å²) in [6, 6.07) is 10.0. The van der Waals surface area contributed by atoms with Crippen LogP contribution in [0.2, 0.25) is 0 Å². The van der Waals surface area contributed by atoms with Gasteiger partial charge in [-0.2, -0.15) is 0 Å². The molecule has 2 aromatic rings. The van der Waals surface area contributed by atoms with Gasteiger partial charge in [-0.15, -0.1) is 0 Å². The Morgan fingerprint density at radius 3 is 1.09 bits per heavy atom. The van der Waals surface area contributed by atoms with Crippen LogP contribution in [0.25, 0.3) is 0 Å². The summed E-state index contributed by atoms with van der Waals surface area (Å²) in [7, 11) is 0. The van der Waals surface area contributed by atoms with Crippen LogP contribution < -0.4 is 118 Å². The van der Waals surface area contributed by atoms with Gasteiger partial charge in [0.25, 0.3) is 0 Å². The first-order valence-electron chi connectivity index (χ1n) is 8.05. The Labute approximate surface area is 287 Å². The van der Waals surface area contributed by atoms with Crippen molar-refractivity contribution in [3.05, 3.63) is 82.9 Å². The van der Waals surface area contributed by atoms with E-state index in [1.807, 2.05) is 0 Å². The molecule has 2 aromatic carbocycles. The maximum atomic E-state index is 11.9. The molecule has 0 amide bonds. The Balaban J connectivity index is -0.000000240. The van der Waals surface area contributed by atoms with E-state index in [1.165, 1.54) is 24.3 Å². The summed E-state index contributed by atoms with van der Waals surface area (Å²) in [5.41, 5.74) is -1.53. The van der Waals surface area contributed by atoms with Gasteiger partial charge in [0.15, 0.2) is 0 Å². The Kier molecular flexibility index (Phi) is 20.8. The SMILES string of the molecule is O=C(/C=C\C(=O)OC(=O)c1ccccc1C(=O)O)OC(=O)c1ccccc1C(=O)O.[H-].[H-].[H-].[H-].[Na+].[Na+].[Na+].[Na+]. The summed E-state index contributed by atoms with van der Waals surface area (Å²) in [5, 5.41) is 18.0. The van der Waals surface area contributed by atoms with E-state index in [-0.39, 0.29) is 146 Å². The third-order valence-electron chi connectivity index (χ3n) is 3.50. The van der Waals surface area contributed by atoms with Crippen LogP contribution in [0, 0.1) is 0 Å². The average molecular weight is 508 g/mol. The first-order valence-corrected chi connectivity index (χ1v) is 8.05. The summed E-state index contributed by atoms with van der Waals surface area (Å²) in [4.78, 5) is 69.3. The van der Waals surface area contributed by atoms with Gasteiger partial charge < -0.3 is 25.4 Å². The predicted molar refractivity (Wildman–Crippen MR) is 101 cm³/mol. The Morgan fingerprint density at radius 1 is 0.559 bits per heavy atom. The molecule has 0 radical (unpaired) electrons. The van der Waals surface area contributed by atoms with Crippen molar-refractivity contribution in [3.63, 3.8) is 0 Å². The van der Waals surface area contributed by atoms with Gasteiger partial charge in [-0.25, -0.2) is 28.8 Å². The number of benzene rings is 2. The van der Waals surface area contributed by atoms with Gasteiger partial charge >= 0.3 is 154 Å². The minimum Gasteiger partial charge on any atom is -1.00 e. The van der Waals surface area contributed by atoms with Gasteiger partial charge in [0.05, 0.1) is 22.3 Å². The van der Waals surface area contributed by atoms with E-state index in [9.17, 15) is 28.8 Å². The molecular formula is C20H16Na4O10. The number of esters is 4. The third-order valence-corrected chi connectivity index (χ3v) is 3.50. The predicted octanol–water partition coefficient (Wildman–Crippen LogP) is -9.83. The largest absolute Gasteiger partial charge is 1.00 e. The number of ether oxygens (including phenoxy) is 2. The second kappa shape index (κ2) is 18.6. The summed E-state index contributed by atoms with van der Waals surface area (Å²) in [6.07, 6.45) is 0.972. The molecule has 0 atom stereocenters. The standard InChI is InChI=1S/C20H12O10.4Na.4H/c21-15(29-19(27)13-7-3-1-5-11(13)17(23)24)9-10-16(22)30-20(28)14-8-4-2-6-12(14)18(25)26;;;;;;;;/h1-10H,(H,23,24)(H,25,26);;;;;;;;/q;4*+1;4*-1/b10-9-;;;;;;;;. The Bertz CT molecular complexity index is 1030. The molecule has 0 fully saturated rings. The van der Waals surface area contributed by atoms with E-state index >= 15 is 0 Å². The van der Waals surface area contributed by atoms with E-state index in [0.717, 1.165) is 24.3 Å². The van der Waals surface area contributed by atoms with E-state index in [0.29, 0.717) is 12.2 Å². The summed E-state index contributed by atoms with van der Waals surface area (Å²) in [5.74, 6) is -7.99. The second-order valence-electron chi connectivity index (χ2n) is 5.45. The number of carboxylic acid groups (broad SMARTS) is 2. The minimum atomic E-state index is -1.41. The fourth-order valence-electron chi connectivity index (χ4n) is 2.19. The first-order chi connectivity index (χ1) is 14.2. The van der Waals surface area contributed by atoms with Crippen molar-refractivity contribution in [2.75, 3.05) is 0 Å². The summed E-state index contributed by atoms with van der Waals surface area (Å²) in [6.45, 7) is 0. The van der Waals surface area contributed by atoms with Crippen LogP contribution in [0.1, 0.15) is 47.1 Å². The normalized spacial score (nSPS) is 9.06. The zero-order valence-corrected chi connectivity index (χ0v) is 26.9. The van der Waals surface area contributed by atoms with Gasteiger partial charge in [-0.05, 0) is 24.3 Å². The number of aromatic carboxylic acids is 2. The van der Waals surface area contributed by atoms with Gasteiger partial charge in [-0.1, -0.05) is 24.3 Å². The van der Waals surface area contributed by atoms with E-state index < -0.39 is 35.8 Å². The van der Waals surface area contributed by atoms with E-state index in [1.54, 1.807) is 0 Å². The summed E-state index contributed by atoms with van der Waals surface area (Å²) < 4.78 is 8.84. The fraction of sp³-hybridized carbons (Fsp3) is 0. The molecule has 160 valence electrons. The zero-order chi connectivity index (χ0) is 22.3. The summed E-state index contributed by atoms with van der Waals surface area (Å²) >= 11 is 0. The minimum absolute atomic E-state index is 0. The average Bonchev–Trinajstić information content (AvgIpc) is 2.72. The maximum absolute atomic E-state index is 11.9. The second-order valence-corrected chi connectivity index (χ2v) is 5.45. The first kappa shape index (κ1) is 37.9. The van der Waals surface area contributed by atoms with Gasteiger partial charge in [-0.3, -0.25) is 0 Å². The van der Waals surface area contributed by atoms with Crippen LogP contribution in [0.5, 0.6) is 0 Å². The third kappa shape index (κ3) is 11.4. The van der Waals surface area contributed by atoms with Crippen LogP contribution in [0.15, 0.2) is 60.7 Å². The van der Waals surface area contributed by atoms with Gasteiger partial charge in [0.1, 0.15) is 0 Å². The molecule has 0 aliphatic heterocycles. The van der Waals surface area contributed by atoms with E-state index in [4.69, 9.17) is 10.2 Å². The fourth-order valence-corrected chi connectivity index (χ4v) is 2.19. The smallest absolute Gasteiger partial charge is 1.00 e. The number of hydrogen-bond donors (Lipinski definition) is 2. The molecule has 10 nitrogen and oxygen atoms in total. The molecule has 0 aliphatic carbocycles. The maximum Gasteiger partial charge on any atom is 1.00 e. The Morgan fingerprint density at radius 2 is 0.824 bits per heavy atom. The molecule has 0 unspecified atom stereocenters. The molecule has 0 aliphatic rings. The molecule has 0 spiro atoms. The molecule has 0 bridgehead atoms. The molecule has 34 heavy (non-hydrogen) atoms. The van der Waals surface area contributed by atoms with Crippen molar-refractivity contribution in [2.45, 2.75) is 0 Å². The van der Waals surface area contributed by atoms with Crippen LogP contribution in [-0.4, -0.2) is 46.0 Å². The number of hydrogen-bond acceptors (Lipinski definition) is 8. The van der Waals surface area contributed by atoms with Crippen molar-refractivity contribution in [1.29, 1.82) is 0 Å². The number of carbonyl (C=O) groups is 6. The number of carboxylic acids is 2. The molecule has 0 saturated carbocycles. The Hall–Kier alpha value is -0.600. The monoisotopic (exact) mass is 508 g/mol. The zero-order valence-electron chi connectivity index (χ0n) is 22.9. The molecular weight excluding hydrogens is 492 g/mol.